The van der Waals surface area contributed by atoms with Crippen molar-refractivity contribution in [3.05, 3.63) is 167 Å². The molecule has 0 saturated heterocycles. The van der Waals surface area contributed by atoms with E-state index in [1.165, 1.54) is 153 Å². The highest BCUT2D eigenvalue weighted by Crippen LogP contribution is 2.54. The van der Waals surface area contributed by atoms with Crippen molar-refractivity contribution in [3.8, 4) is 0 Å². The summed E-state index contributed by atoms with van der Waals surface area (Å²) < 4.78 is 0. The van der Waals surface area contributed by atoms with E-state index in [1.54, 1.807) is 0 Å². The molecule has 0 N–H and O–H groups in total. The lowest BCUT2D eigenvalue weighted by Gasteiger charge is -2.37. The summed E-state index contributed by atoms with van der Waals surface area (Å²) in [6.45, 7) is 23.5. The number of rotatable bonds is 12. The highest BCUT2D eigenvalue weighted by atomic mass is 15.2. The third kappa shape index (κ3) is 8.82. The normalized spacial score (nSPS) is 16.2. The van der Waals surface area contributed by atoms with Gasteiger partial charge in [-0.25, -0.2) is 0 Å². The Balaban J connectivity index is 1.44. The van der Waals surface area contributed by atoms with Crippen LogP contribution >= 0.6 is 0 Å². The summed E-state index contributed by atoms with van der Waals surface area (Å²) in [6.07, 6.45) is 12.7. The van der Waals surface area contributed by atoms with Crippen LogP contribution in [0.3, 0.4) is 0 Å². The Labute approximate surface area is 398 Å². The fourth-order valence-electron chi connectivity index (χ4n) is 11.5. The van der Waals surface area contributed by atoms with Crippen LogP contribution in [0, 0.1) is 0 Å². The summed E-state index contributed by atoms with van der Waals surface area (Å²) in [7, 11) is 0. The molecule has 2 heteroatoms. The fourth-order valence-corrected chi connectivity index (χ4v) is 11.5. The van der Waals surface area contributed by atoms with Gasteiger partial charge in [-0.3, -0.25) is 0 Å². The predicted octanol–water partition coefficient (Wildman–Crippen LogP) is 19.9. The Morgan fingerprint density at radius 3 is 0.818 bits per heavy atom. The van der Waals surface area contributed by atoms with E-state index in [4.69, 9.17) is 0 Å². The van der Waals surface area contributed by atoms with Gasteiger partial charge < -0.3 is 9.80 Å². The summed E-state index contributed by atoms with van der Waals surface area (Å²) in [5.41, 5.74) is 15.9. The predicted molar refractivity (Wildman–Crippen MR) is 288 cm³/mol. The molecule has 2 aliphatic carbocycles. The zero-order valence-electron chi connectivity index (χ0n) is 42.0. The number of anilines is 6. The molecule has 2 fully saturated rings. The minimum absolute atomic E-state index is 0.125. The van der Waals surface area contributed by atoms with Crippen LogP contribution in [0.1, 0.15) is 190 Å². The van der Waals surface area contributed by atoms with E-state index in [0.29, 0.717) is 23.7 Å². The molecule has 342 valence electrons. The van der Waals surface area contributed by atoms with E-state index in [0.717, 1.165) is 0 Å². The van der Waals surface area contributed by atoms with E-state index in [2.05, 4.69) is 212 Å². The maximum absolute atomic E-state index is 2.63. The second-order valence-electron chi connectivity index (χ2n) is 22.1. The summed E-state index contributed by atoms with van der Waals surface area (Å²) in [4.78, 5) is 5.22. The van der Waals surface area contributed by atoms with Crippen molar-refractivity contribution in [2.24, 2.45) is 0 Å². The van der Waals surface area contributed by atoms with Gasteiger partial charge in [0.05, 0.1) is 11.4 Å². The number of hydrogen-bond acceptors (Lipinski definition) is 2. The third-order valence-electron chi connectivity index (χ3n) is 16.1. The summed E-state index contributed by atoms with van der Waals surface area (Å²) in [5.74, 6) is 1.80. The molecule has 7 aromatic rings. The second kappa shape index (κ2) is 18.7. The second-order valence-corrected chi connectivity index (χ2v) is 22.1. The molecule has 0 aliphatic heterocycles. The molecule has 0 radical (unpaired) electrons. The minimum atomic E-state index is 0.125. The van der Waals surface area contributed by atoms with Crippen molar-refractivity contribution < 1.29 is 0 Å². The van der Waals surface area contributed by atoms with Gasteiger partial charge in [0.15, 0.2) is 0 Å². The van der Waals surface area contributed by atoms with Gasteiger partial charge in [0.1, 0.15) is 0 Å². The average molecular weight is 873 g/mol. The smallest absolute Gasteiger partial charge is 0.0620 e. The van der Waals surface area contributed by atoms with Crippen LogP contribution in [0.4, 0.5) is 34.1 Å². The average Bonchev–Trinajstić information content (AvgIpc) is 3.33. The van der Waals surface area contributed by atoms with Crippen molar-refractivity contribution in [1.29, 1.82) is 0 Å². The zero-order chi connectivity index (χ0) is 46.3. The highest BCUT2D eigenvalue weighted by molar-refractivity contribution is 6.23. The van der Waals surface area contributed by atoms with Gasteiger partial charge in [-0.1, -0.05) is 181 Å². The van der Waals surface area contributed by atoms with E-state index in [-0.39, 0.29) is 10.8 Å². The third-order valence-corrected chi connectivity index (χ3v) is 16.1. The molecule has 0 aromatic heterocycles. The lowest BCUT2D eigenvalue weighted by Crippen LogP contribution is -2.25. The van der Waals surface area contributed by atoms with Crippen LogP contribution in [-0.2, 0) is 10.8 Å². The van der Waals surface area contributed by atoms with Crippen molar-refractivity contribution >= 4 is 55.7 Å². The zero-order valence-corrected chi connectivity index (χ0v) is 42.0. The monoisotopic (exact) mass is 873 g/mol. The van der Waals surface area contributed by atoms with Crippen LogP contribution in [0.5, 0.6) is 0 Å². The molecule has 0 spiro atoms. The van der Waals surface area contributed by atoms with Crippen molar-refractivity contribution in [2.75, 3.05) is 9.80 Å². The molecule has 0 atom stereocenters. The first-order valence-electron chi connectivity index (χ1n) is 25.8. The first-order chi connectivity index (χ1) is 31.7. The molecule has 2 aliphatic rings. The Hall–Kier alpha value is -5.34. The maximum atomic E-state index is 2.63. The molecule has 0 heterocycles. The van der Waals surface area contributed by atoms with Gasteiger partial charge in [0, 0.05) is 44.3 Å². The summed E-state index contributed by atoms with van der Waals surface area (Å²) >= 11 is 0. The van der Waals surface area contributed by atoms with Crippen LogP contribution in [0.25, 0.3) is 21.5 Å². The van der Waals surface area contributed by atoms with Gasteiger partial charge >= 0.3 is 0 Å². The van der Waals surface area contributed by atoms with E-state index >= 15 is 0 Å². The molecule has 0 unspecified atom stereocenters. The molecule has 9 rings (SSSR count). The molecule has 7 aromatic carbocycles. The highest BCUT2D eigenvalue weighted by Gasteiger charge is 2.34. The SMILES string of the molecule is CC(C)c1ccc(N(c2ccc(C(C)C)cc2)c2c3ccc(C4(C)CCCCC4)cc3c(N(c3ccc(C(C)C)cc3)c3ccc(C(C)C)cc3)c3ccc(C4(C)CCCCC4)cc23)cc1. The van der Waals surface area contributed by atoms with Crippen molar-refractivity contribution in [2.45, 2.75) is 168 Å². The fraction of sp³-hybridized carbons (Fsp3) is 0.406. The van der Waals surface area contributed by atoms with Crippen molar-refractivity contribution in [3.63, 3.8) is 0 Å². The van der Waals surface area contributed by atoms with Crippen molar-refractivity contribution in [1.82, 2.24) is 0 Å². The van der Waals surface area contributed by atoms with Crippen LogP contribution < -0.4 is 9.80 Å². The molecular weight excluding hydrogens is 797 g/mol. The number of nitrogens with zero attached hydrogens (tertiary/aromatic N) is 2. The van der Waals surface area contributed by atoms with Gasteiger partial charge in [-0.05, 0) is 154 Å². The van der Waals surface area contributed by atoms with Gasteiger partial charge in [0.25, 0.3) is 0 Å². The Bertz CT molecular complexity index is 2460. The Morgan fingerprint density at radius 2 is 0.576 bits per heavy atom. The molecule has 2 nitrogen and oxygen atoms in total. The largest absolute Gasteiger partial charge is 0.309 e. The Morgan fingerprint density at radius 1 is 0.318 bits per heavy atom. The molecular formula is C64H76N2. The standard InChI is InChI=1S/C64H76N2/c1-43(2)47-17-27-53(28-18-47)65(54-29-19-48(20-30-54)44(3)4)61-57-35-25-52(64(10)39-15-12-16-40-64)42-60(57)62(58-36-26-51(41-59(58)61)63(9)37-13-11-14-38-63)66(55-31-21-49(22-32-55)45(5)6)56-33-23-50(24-34-56)46(7)8/h17-36,41-46H,11-16,37-40H2,1-10H3. The number of benzene rings is 7. The minimum Gasteiger partial charge on any atom is -0.309 e. The molecule has 2 saturated carbocycles. The number of hydrogen-bond donors (Lipinski definition) is 0. The van der Waals surface area contributed by atoms with Gasteiger partial charge in [-0.2, -0.15) is 0 Å². The molecule has 0 bridgehead atoms. The van der Waals surface area contributed by atoms with E-state index in [1.807, 2.05) is 0 Å². The van der Waals surface area contributed by atoms with Gasteiger partial charge in [-0.15, -0.1) is 0 Å². The first-order valence-corrected chi connectivity index (χ1v) is 25.8. The summed E-state index contributed by atoms with van der Waals surface area (Å²) in [6, 6.07) is 53.2. The number of fused-ring (bicyclic) bond motifs is 2. The maximum Gasteiger partial charge on any atom is 0.0620 e. The molecule has 66 heavy (non-hydrogen) atoms. The molecule has 0 amide bonds. The lowest BCUT2D eigenvalue weighted by atomic mass is 9.70. The summed E-state index contributed by atoms with van der Waals surface area (Å²) in [5, 5.41) is 5.19. The Kier molecular flexibility index (Phi) is 13.0. The van der Waals surface area contributed by atoms with E-state index in [9.17, 15) is 0 Å². The van der Waals surface area contributed by atoms with E-state index < -0.39 is 0 Å². The quantitative estimate of drug-likeness (QED) is 0.0891. The van der Waals surface area contributed by atoms with Crippen LogP contribution in [0.2, 0.25) is 0 Å². The lowest BCUT2D eigenvalue weighted by molar-refractivity contribution is 0.320. The van der Waals surface area contributed by atoms with Gasteiger partial charge in [0.2, 0.25) is 0 Å². The van der Waals surface area contributed by atoms with Crippen LogP contribution in [0.15, 0.2) is 133 Å². The van der Waals surface area contributed by atoms with Crippen LogP contribution in [-0.4, -0.2) is 0 Å². The first kappa shape index (κ1) is 45.8. The topological polar surface area (TPSA) is 6.48 Å².